The number of rotatable bonds is 8. The second kappa shape index (κ2) is 8.12. The van der Waals surface area contributed by atoms with E-state index in [-0.39, 0.29) is 0 Å². The van der Waals surface area contributed by atoms with Gasteiger partial charge in [0.25, 0.3) is 0 Å². The highest BCUT2D eigenvalue weighted by molar-refractivity contribution is 7.16. The lowest BCUT2D eigenvalue weighted by Crippen LogP contribution is -2.23. The molecule has 1 unspecified atom stereocenters. The lowest BCUT2D eigenvalue weighted by atomic mass is 9.94. The van der Waals surface area contributed by atoms with Crippen molar-refractivity contribution in [2.24, 2.45) is 5.92 Å². The average Bonchev–Trinajstić information content (AvgIpc) is 2.76. The van der Waals surface area contributed by atoms with Crippen LogP contribution in [0.1, 0.15) is 57.4 Å². The van der Waals surface area contributed by atoms with Gasteiger partial charge in [0.1, 0.15) is 0 Å². The molecule has 1 aromatic rings. The van der Waals surface area contributed by atoms with Crippen LogP contribution in [0.15, 0.2) is 12.1 Å². The first kappa shape index (κ1) is 15.0. The predicted octanol–water partition coefficient (Wildman–Crippen LogP) is 5.27. The molecule has 0 bridgehead atoms. The Bertz CT molecular complexity index is 307. The molecule has 1 heterocycles. The smallest absolute Gasteiger partial charge is 0.0931 e. The van der Waals surface area contributed by atoms with Gasteiger partial charge in [-0.2, -0.15) is 0 Å². The number of nitrogens with one attached hydrogen (secondary N) is 1. The maximum absolute atomic E-state index is 6.03. The second-order valence-corrected chi connectivity index (χ2v) is 6.31. The fourth-order valence-electron chi connectivity index (χ4n) is 2.09. The molecule has 0 aliphatic rings. The highest BCUT2D eigenvalue weighted by Crippen LogP contribution is 2.32. The van der Waals surface area contributed by atoms with Crippen molar-refractivity contribution < 1.29 is 0 Å². The standard InChI is InChI=1S/C14H24ClNS/c1-4-9-16-12(10-11(5-2)6-3)13-7-8-14(15)17-13/h7-8,11-12,16H,4-6,9-10H2,1-3H3. The number of hydrogen-bond donors (Lipinski definition) is 1. The van der Waals surface area contributed by atoms with Crippen molar-refractivity contribution in [2.45, 2.75) is 52.5 Å². The zero-order valence-corrected chi connectivity index (χ0v) is 12.7. The fraction of sp³-hybridized carbons (Fsp3) is 0.714. The van der Waals surface area contributed by atoms with E-state index < -0.39 is 0 Å². The van der Waals surface area contributed by atoms with E-state index in [1.807, 2.05) is 6.07 Å². The summed E-state index contributed by atoms with van der Waals surface area (Å²) in [6.07, 6.45) is 4.93. The molecule has 0 saturated heterocycles. The molecule has 0 radical (unpaired) electrons. The molecular weight excluding hydrogens is 250 g/mol. The van der Waals surface area contributed by atoms with Crippen LogP contribution in [-0.2, 0) is 0 Å². The molecule has 0 amide bonds. The first-order chi connectivity index (χ1) is 8.21. The van der Waals surface area contributed by atoms with E-state index in [1.54, 1.807) is 11.3 Å². The van der Waals surface area contributed by atoms with Gasteiger partial charge in [-0.1, -0.05) is 45.2 Å². The van der Waals surface area contributed by atoms with Crippen molar-refractivity contribution in [3.8, 4) is 0 Å². The molecule has 1 N–H and O–H groups in total. The Balaban J connectivity index is 2.66. The predicted molar refractivity (Wildman–Crippen MR) is 79.1 cm³/mol. The van der Waals surface area contributed by atoms with Gasteiger partial charge in [0.05, 0.1) is 4.34 Å². The summed E-state index contributed by atoms with van der Waals surface area (Å²) in [5.41, 5.74) is 0. The zero-order valence-electron chi connectivity index (χ0n) is 11.1. The van der Waals surface area contributed by atoms with Crippen LogP contribution < -0.4 is 5.32 Å². The fourth-order valence-corrected chi connectivity index (χ4v) is 3.24. The third-order valence-corrected chi connectivity index (χ3v) is 4.65. The molecule has 0 saturated carbocycles. The van der Waals surface area contributed by atoms with E-state index in [0.717, 1.165) is 16.8 Å². The maximum atomic E-state index is 6.03. The molecule has 1 nitrogen and oxygen atoms in total. The Hall–Kier alpha value is -0.0500. The van der Waals surface area contributed by atoms with Gasteiger partial charge in [0.15, 0.2) is 0 Å². The number of halogens is 1. The summed E-state index contributed by atoms with van der Waals surface area (Å²) < 4.78 is 0.896. The first-order valence-electron chi connectivity index (χ1n) is 6.69. The first-order valence-corrected chi connectivity index (χ1v) is 7.89. The molecule has 98 valence electrons. The molecule has 1 rings (SSSR count). The molecule has 0 aromatic carbocycles. The Kier molecular flexibility index (Phi) is 7.17. The van der Waals surface area contributed by atoms with Gasteiger partial charge in [-0.15, -0.1) is 11.3 Å². The van der Waals surface area contributed by atoms with Crippen molar-refractivity contribution in [1.82, 2.24) is 5.32 Å². The highest BCUT2D eigenvalue weighted by Gasteiger charge is 2.17. The van der Waals surface area contributed by atoms with Crippen LogP contribution in [0.5, 0.6) is 0 Å². The molecule has 3 heteroatoms. The van der Waals surface area contributed by atoms with Crippen LogP contribution in [0.4, 0.5) is 0 Å². The monoisotopic (exact) mass is 273 g/mol. The summed E-state index contributed by atoms with van der Waals surface area (Å²) in [5, 5.41) is 3.65. The minimum atomic E-state index is 0.484. The van der Waals surface area contributed by atoms with Crippen LogP contribution in [-0.4, -0.2) is 6.54 Å². The molecule has 1 atom stereocenters. The van der Waals surface area contributed by atoms with Crippen LogP contribution in [0.3, 0.4) is 0 Å². The van der Waals surface area contributed by atoms with Gasteiger partial charge in [-0.25, -0.2) is 0 Å². The van der Waals surface area contributed by atoms with Gasteiger partial charge in [-0.3, -0.25) is 0 Å². The summed E-state index contributed by atoms with van der Waals surface area (Å²) >= 11 is 7.75. The second-order valence-electron chi connectivity index (χ2n) is 4.57. The molecular formula is C14H24ClNS. The van der Waals surface area contributed by atoms with Crippen LogP contribution in [0.25, 0.3) is 0 Å². The van der Waals surface area contributed by atoms with E-state index in [1.165, 1.54) is 30.6 Å². The van der Waals surface area contributed by atoms with Gasteiger partial charge in [-0.05, 0) is 37.4 Å². The zero-order chi connectivity index (χ0) is 12.7. The molecule has 0 aliphatic heterocycles. The van der Waals surface area contributed by atoms with Crippen LogP contribution in [0, 0.1) is 5.92 Å². The molecule has 1 aromatic heterocycles. The largest absolute Gasteiger partial charge is 0.309 e. The Morgan fingerprint density at radius 1 is 1.24 bits per heavy atom. The summed E-state index contributed by atoms with van der Waals surface area (Å²) in [7, 11) is 0. The topological polar surface area (TPSA) is 12.0 Å². The maximum Gasteiger partial charge on any atom is 0.0931 e. The van der Waals surface area contributed by atoms with E-state index >= 15 is 0 Å². The van der Waals surface area contributed by atoms with Crippen molar-refractivity contribution in [1.29, 1.82) is 0 Å². The third kappa shape index (κ3) is 4.99. The molecule has 0 fully saturated rings. The minimum Gasteiger partial charge on any atom is -0.309 e. The van der Waals surface area contributed by atoms with Crippen molar-refractivity contribution in [3.05, 3.63) is 21.3 Å². The summed E-state index contributed by atoms with van der Waals surface area (Å²) in [6, 6.07) is 4.66. The Morgan fingerprint density at radius 3 is 2.41 bits per heavy atom. The highest BCUT2D eigenvalue weighted by atomic mass is 35.5. The summed E-state index contributed by atoms with van der Waals surface area (Å²) in [6.45, 7) is 7.86. The average molecular weight is 274 g/mol. The molecule has 17 heavy (non-hydrogen) atoms. The van der Waals surface area contributed by atoms with Crippen LogP contribution >= 0.6 is 22.9 Å². The lowest BCUT2D eigenvalue weighted by Gasteiger charge is -2.22. The minimum absolute atomic E-state index is 0.484. The van der Waals surface area contributed by atoms with E-state index in [4.69, 9.17) is 11.6 Å². The van der Waals surface area contributed by atoms with E-state index in [9.17, 15) is 0 Å². The van der Waals surface area contributed by atoms with Crippen LogP contribution in [0.2, 0.25) is 4.34 Å². The number of thiophene rings is 1. The molecule has 0 aliphatic carbocycles. The SMILES string of the molecule is CCCNC(CC(CC)CC)c1ccc(Cl)s1. The van der Waals surface area contributed by atoms with Crippen molar-refractivity contribution in [2.75, 3.05) is 6.54 Å². The number of hydrogen-bond acceptors (Lipinski definition) is 2. The summed E-state index contributed by atoms with van der Waals surface area (Å²) in [4.78, 5) is 1.38. The van der Waals surface area contributed by atoms with Crippen molar-refractivity contribution in [3.63, 3.8) is 0 Å². The van der Waals surface area contributed by atoms with Crippen molar-refractivity contribution >= 4 is 22.9 Å². The summed E-state index contributed by atoms with van der Waals surface area (Å²) in [5.74, 6) is 0.810. The van der Waals surface area contributed by atoms with Gasteiger partial charge >= 0.3 is 0 Å². The van der Waals surface area contributed by atoms with Gasteiger partial charge < -0.3 is 5.32 Å². The quantitative estimate of drug-likeness (QED) is 0.680. The van der Waals surface area contributed by atoms with Gasteiger partial charge in [0, 0.05) is 10.9 Å². The van der Waals surface area contributed by atoms with Gasteiger partial charge in [0.2, 0.25) is 0 Å². The Labute approximate surface area is 115 Å². The van der Waals surface area contributed by atoms with E-state index in [2.05, 4.69) is 32.2 Å². The normalized spacial score (nSPS) is 13.2. The molecule has 0 spiro atoms. The lowest BCUT2D eigenvalue weighted by molar-refractivity contribution is 0.374. The third-order valence-electron chi connectivity index (χ3n) is 3.30. The Morgan fingerprint density at radius 2 is 1.94 bits per heavy atom. The van der Waals surface area contributed by atoms with E-state index in [0.29, 0.717) is 6.04 Å².